The first kappa shape index (κ1) is 18.1. The van der Waals surface area contributed by atoms with Crippen molar-refractivity contribution in [3.8, 4) is 5.82 Å². The largest absolute Gasteiger partial charge is 0.355 e. The van der Waals surface area contributed by atoms with Gasteiger partial charge in [0.2, 0.25) is 5.91 Å². The van der Waals surface area contributed by atoms with Crippen LogP contribution in [0.1, 0.15) is 18.7 Å². The fourth-order valence-electron chi connectivity index (χ4n) is 3.39. The Bertz CT molecular complexity index is 896. The lowest BCUT2D eigenvalue weighted by Gasteiger charge is -2.31. The van der Waals surface area contributed by atoms with E-state index in [9.17, 15) is 4.79 Å². The zero-order chi connectivity index (χ0) is 19.3. The fraction of sp³-hybridized carbons (Fsp3) is 0.444. The Hall–Kier alpha value is -3.30. The Morgan fingerprint density at radius 2 is 2.00 bits per heavy atom. The van der Waals surface area contributed by atoms with E-state index in [4.69, 9.17) is 0 Å². The first-order chi connectivity index (χ1) is 13.7. The molecule has 0 aromatic carbocycles. The molecule has 4 heterocycles. The predicted octanol–water partition coefficient (Wildman–Crippen LogP) is 0.595. The summed E-state index contributed by atoms with van der Waals surface area (Å²) in [6.45, 7) is 4.89. The van der Waals surface area contributed by atoms with Gasteiger partial charge in [0.05, 0.1) is 0 Å². The number of imidazole rings is 1. The number of carbonyl (C=O) groups is 1. The molecule has 10 heteroatoms. The summed E-state index contributed by atoms with van der Waals surface area (Å²) in [5, 5.41) is 15.6. The number of anilines is 1. The number of nitrogens with zero attached hydrogens (tertiary/aromatic N) is 8. The molecule has 0 unspecified atom stereocenters. The summed E-state index contributed by atoms with van der Waals surface area (Å²) in [6, 6.07) is 3.80. The SMILES string of the molecule is Cc1nccn1CCNC(=O)C1CCN(c2ccc(-n3cncn3)nn2)CC1. The van der Waals surface area contributed by atoms with E-state index >= 15 is 0 Å². The summed E-state index contributed by atoms with van der Waals surface area (Å²) in [4.78, 5) is 22.7. The quantitative estimate of drug-likeness (QED) is 0.666. The lowest BCUT2D eigenvalue weighted by Crippen LogP contribution is -2.41. The van der Waals surface area contributed by atoms with E-state index in [1.165, 1.54) is 6.33 Å². The summed E-state index contributed by atoms with van der Waals surface area (Å²) in [7, 11) is 0. The molecular formula is C18H23N9O. The van der Waals surface area contributed by atoms with Crippen LogP contribution in [0.5, 0.6) is 0 Å². The number of nitrogens with one attached hydrogen (secondary N) is 1. The molecule has 0 radical (unpaired) electrons. The molecule has 1 N–H and O–H groups in total. The van der Waals surface area contributed by atoms with Gasteiger partial charge < -0.3 is 14.8 Å². The molecule has 0 spiro atoms. The van der Waals surface area contributed by atoms with Gasteiger partial charge in [0.25, 0.3) is 0 Å². The van der Waals surface area contributed by atoms with Crippen molar-refractivity contribution >= 4 is 11.7 Å². The number of carbonyl (C=O) groups excluding carboxylic acids is 1. The number of hydrogen-bond acceptors (Lipinski definition) is 7. The number of aromatic nitrogens is 7. The Balaban J connectivity index is 1.25. The van der Waals surface area contributed by atoms with E-state index in [0.717, 1.165) is 44.1 Å². The molecule has 10 nitrogen and oxygen atoms in total. The van der Waals surface area contributed by atoms with Crippen LogP contribution in [0.4, 0.5) is 5.82 Å². The van der Waals surface area contributed by atoms with Crippen molar-refractivity contribution in [2.24, 2.45) is 5.92 Å². The van der Waals surface area contributed by atoms with Crippen LogP contribution in [0.3, 0.4) is 0 Å². The van der Waals surface area contributed by atoms with Crippen molar-refractivity contribution in [3.05, 3.63) is 43.0 Å². The van der Waals surface area contributed by atoms with Crippen LogP contribution in [0, 0.1) is 12.8 Å². The lowest BCUT2D eigenvalue weighted by atomic mass is 9.96. The minimum absolute atomic E-state index is 0.0440. The molecule has 0 saturated carbocycles. The highest BCUT2D eigenvalue weighted by Gasteiger charge is 2.25. The van der Waals surface area contributed by atoms with Crippen molar-refractivity contribution in [1.82, 2.24) is 39.8 Å². The zero-order valence-corrected chi connectivity index (χ0v) is 15.8. The number of amides is 1. The number of piperidine rings is 1. The molecule has 3 aromatic rings. The topological polar surface area (TPSA) is 107 Å². The van der Waals surface area contributed by atoms with Crippen molar-refractivity contribution in [1.29, 1.82) is 0 Å². The molecule has 3 aromatic heterocycles. The summed E-state index contributed by atoms with van der Waals surface area (Å²) in [5.41, 5.74) is 0. The van der Waals surface area contributed by atoms with Crippen LogP contribution in [-0.2, 0) is 11.3 Å². The van der Waals surface area contributed by atoms with Crippen molar-refractivity contribution in [3.63, 3.8) is 0 Å². The van der Waals surface area contributed by atoms with Gasteiger partial charge in [-0.3, -0.25) is 4.79 Å². The van der Waals surface area contributed by atoms with E-state index in [0.29, 0.717) is 12.4 Å². The molecule has 28 heavy (non-hydrogen) atoms. The Morgan fingerprint density at radius 3 is 2.64 bits per heavy atom. The maximum atomic E-state index is 12.4. The van der Waals surface area contributed by atoms with Crippen LogP contribution < -0.4 is 10.2 Å². The van der Waals surface area contributed by atoms with Crippen molar-refractivity contribution < 1.29 is 4.79 Å². The molecule has 1 amide bonds. The van der Waals surface area contributed by atoms with E-state index in [1.54, 1.807) is 17.2 Å². The van der Waals surface area contributed by atoms with Gasteiger partial charge in [-0.2, -0.15) is 5.10 Å². The van der Waals surface area contributed by atoms with Gasteiger partial charge >= 0.3 is 0 Å². The van der Waals surface area contributed by atoms with Gasteiger partial charge in [-0.15, -0.1) is 10.2 Å². The minimum Gasteiger partial charge on any atom is -0.355 e. The number of aryl methyl sites for hydroxylation is 1. The molecular weight excluding hydrogens is 358 g/mol. The monoisotopic (exact) mass is 381 g/mol. The Kier molecular flexibility index (Phi) is 5.27. The normalized spacial score (nSPS) is 15.0. The highest BCUT2D eigenvalue weighted by atomic mass is 16.1. The average molecular weight is 381 g/mol. The standard InChI is InChI=1S/C18H23N9O/c1-14-20-6-10-25(14)11-7-21-18(28)15-4-8-26(9-5-15)16-2-3-17(24-23-16)27-13-19-12-22-27/h2-3,6,10,12-13,15H,4-5,7-9,11H2,1H3,(H,21,28). The maximum absolute atomic E-state index is 12.4. The van der Waals surface area contributed by atoms with E-state index < -0.39 is 0 Å². The van der Waals surface area contributed by atoms with Crippen LogP contribution >= 0.6 is 0 Å². The third-order valence-corrected chi connectivity index (χ3v) is 5.06. The number of hydrogen-bond donors (Lipinski definition) is 1. The molecule has 1 saturated heterocycles. The summed E-state index contributed by atoms with van der Waals surface area (Å²) >= 11 is 0. The van der Waals surface area contributed by atoms with Gasteiger partial charge in [-0.25, -0.2) is 14.6 Å². The van der Waals surface area contributed by atoms with Crippen molar-refractivity contribution in [2.45, 2.75) is 26.3 Å². The van der Waals surface area contributed by atoms with Gasteiger partial charge in [-0.1, -0.05) is 0 Å². The van der Waals surface area contributed by atoms with Crippen molar-refractivity contribution in [2.75, 3.05) is 24.5 Å². The minimum atomic E-state index is 0.0440. The summed E-state index contributed by atoms with van der Waals surface area (Å²) in [6.07, 6.45) is 8.36. The highest BCUT2D eigenvalue weighted by molar-refractivity contribution is 5.78. The van der Waals surface area contributed by atoms with Gasteiger partial charge in [0.1, 0.15) is 18.5 Å². The molecule has 146 valence electrons. The molecule has 4 rings (SSSR count). The van der Waals surface area contributed by atoms with Gasteiger partial charge in [0, 0.05) is 44.5 Å². The van der Waals surface area contributed by atoms with Gasteiger partial charge in [0.15, 0.2) is 11.6 Å². The first-order valence-electron chi connectivity index (χ1n) is 9.40. The summed E-state index contributed by atoms with van der Waals surface area (Å²) in [5.74, 6) is 2.58. The zero-order valence-electron chi connectivity index (χ0n) is 15.8. The predicted molar refractivity (Wildman–Crippen MR) is 102 cm³/mol. The molecule has 1 fully saturated rings. The van der Waals surface area contributed by atoms with Crippen LogP contribution in [-0.4, -0.2) is 60.1 Å². The highest BCUT2D eigenvalue weighted by Crippen LogP contribution is 2.21. The molecule has 1 aliphatic rings. The molecule has 0 atom stereocenters. The van der Waals surface area contributed by atoms with Crippen LogP contribution in [0.2, 0.25) is 0 Å². The smallest absolute Gasteiger partial charge is 0.223 e. The van der Waals surface area contributed by atoms with Gasteiger partial charge in [-0.05, 0) is 31.9 Å². The van der Waals surface area contributed by atoms with E-state index in [2.05, 4.69) is 35.5 Å². The maximum Gasteiger partial charge on any atom is 0.223 e. The Morgan fingerprint density at radius 1 is 1.21 bits per heavy atom. The number of rotatable bonds is 6. The van der Waals surface area contributed by atoms with E-state index in [-0.39, 0.29) is 11.8 Å². The molecule has 1 aliphatic heterocycles. The lowest BCUT2D eigenvalue weighted by molar-refractivity contribution is -0.125. The Labute approximate surface area is 162 Å². The summed E-state index contributed by atoms with van der Waals surface area (Å²) < 4.78 is 3.60. The first-order valence-corrected chi connectivity index (χ1v) is 9.40. The second-order valence-corrected chi connectivity index (χ2v) is 6.81. The second kappa shape index (κ2) is 8.15. The fourth-order valence-corrected chi connectivity index (χ4v) is 3.39. The molecule has 0 bridgehead atoms. The van der Waals surface area contributed by atoms with Crippen LogP contribution in [0.15, 0.2) is 37.2 Å². The third-order valence-electron chi connectivity index (χ3n) is 5.06. The third kappa shape index (κ3) is 4.00. The van der Waals surface area contributed by atoms with E-state index in [1.807, 2.05) is 29.8 Å². The molecule has 0 aliphatic carbocycles. The second-order valence-electron chi connectivity index (χ2n) is 6.81. The average Bonchev–Trinajstić information content (AvgIpc) is 3.41. The van der Waals surface area contributed by atoms with Crippen LogP contribution in [0.25, 0.3) is 5.82 Å².